The summed E-state index contributed by atoms with van der Waals surface area (Å²) >= 11 is 0. The maximum Gasteiger partial charge on any atom is 0.274 e. The maximum absolute atomic E-state index is 13.2. The van der Waals surface area contributed by atoms with Crippen molar-refractivity contribution in [3.63, 3.8) is 0 Å². The molecule has 15 rings (SSSR count). The van der Waals surface area contributed by atoms with Crippen molar-refractivity contribution >= 4 is 93.1 Å². The summed E-state index contributed by atoms with van der Waals surface area (Å²) in [4.78, 5) is 110. The van der Waals surface area contributed by atoms with Gasteiger partial charge >= 0.3 is 0 Å². The van der Waals surface area contributed by atoms with Gasteiger partial charge in [-0.25, -0.2) is 34.9 Å². The van der Waals surface area contributed by atoms with E-state index in [-0.39, 0.29) is 59.1 Å². The highest BCUT2D eigenvalue weighted by atomic mass is 16.5. The molecule has 2 fully saturated rings. The molecular weight excluding hydrogens is 1540 g/mol. The third-order valence-corrected chi connectivity index (χ3v) is 20.1. The zero-order valence-corrected chi connectivity index (χ0v) is 68.1. The van der Waals surface area contributed by atoms with Crippen molar-refractivity contribution in [2.45, 2.75) is 83.1 Å². The molecule has 4 aromatic heterocycles. The quantitative estimate of drug-likeness (QED) is 0.0405. The van der Waals surface area contributed by atoms with Crippen molar-refractivity contribution in [1.82, 2.24) is 55.3 Å². The van der Waals surface area contributed by atoms with E-state index in [0.29, 0.717) is 112 Å². The van der Waals surface area contributed by atoms with Crippen molar-refractivity contribution in [3.05, 3.63) is 279 Å². The van der Waals surface area contributed by atoms with Crippen LogP contribution in [0.1, 0.15) is 78.5 Å². The molecule has 2 saturated carbocycles. The molecule has 0 saturated heterocycles. The molecule has 0 spiro atoms. The normalized spacial score (nSPS) is 17.8. The summed E-state index contributed by atoms with van der Waals surface area (Å²) in [5.74, 6) is 2.05. The maximum atomic E-state index is 13.2. The summed E-state index contributed by atoms with van der Waals surface area (Å²) in [6, 6.07) is 49.6. The van der Waals surface area contributed by atoms with Crippen LogP contribution in [0.2, 0.25) is 0 Å². The number of anilines is 10. The largest absolute Gasteiger partial charge is 0.493 e. The van der Waals surface area contributed by atoms with Crippen LogP contribution in [0.15, 0.2) is 257 Å². The van der Waals surface area contributed by atoms with Gasteiger partial charge in [0.2, 0.25) is 47.4 Å². The van der Waals surface area contributed by atoms with Gasteiger partial charge in [-0.05, 0) is 222 Å². The molecule has 28 nitrogen and oxygen atoms in total. The number of hydrogen-bond donors (Lipinski definition) is 9. The van der Waals surface area contributed by atoms with Crippen molar-refractivity contribution < 1.29 is 47.7 Å². The van der Waals surface area contributed by atoms with E-state index in [1.807, 2.05) is 146 Å². The summed E-state index contributed by atoms with van der Waals surface area (Å²) in [7, 11) is 4.12. The summed E-state index contributed by atoms with van der Waals surface area (Å²) in [5, 5.41) is 27.3. The molecule has 3 aliphatic heterocycles. The first-order chi connectivity index (χ1) is 59.4. The second kappa shape index (κ2) is 42.9. The van der Waals surface area contributed by atoms with Crippen molar-refractivity contribution in [1.29, 1.82) is 0 Å². The Bertz CT molecular complexity index is 5500. The fraction of sp³-hybridized carbons (Fsp3) is 0.245. The fourth-order valence-corrected chi connectivity index (χ4v) is 14.1. The number of carbonyl (C=O) groups excluding carboxylic acids is 6. The van der Waals surface area contributed by atoms with Crippen molar-refractivity contribution in [2.24, 2.45) is 11.8 Å². The van der Waals surface area contributed by atoms with E-state index >= 15 is 0 Å². The van der Waals surface area contributed by atoms with Gasteiger partial charge in [0.05, 0.1) is 62.0 Å². The van der Waals surface area contributed by atoms with E-state index in [1.165, 1.54) is 24.4 Å². The lowest BCUT2D eigenvalue weighted by Crippen LogP contribution is -2.47. The molecule has 122 heavy (non-hydrogen) atoms. The van der Waals surface area contributed by atoms with Crippen molar-refractivity contribution in [2.75, 3.05) is 90.8 Å². The number of rotatable bonds is 12. The van der Waals surface area contributed by atoms with Gasteiger partial charge < -0.3 is 66.8 Å². The Hall–Kier alpha value is -14.4. The standard InChI is InChI=1S/C32H36N6O3.C31H28N6O4.C31H34N6O3/c1-3-30(39)34-25-11-10-24(18-25)31(40)35-26-16-22-17-27(20-26)36-32-33-13-12-29(37-32)23-8-7-9-28(19-23)41-15-6-4-5-14-38(2)21-22;1-2-29(38)34-23-9-10-28(33-19-23)30(39)35-24-15-21-16-25(18-24)36-31-32-12-11-27(37-31)22-7-6-8-26(17-22)41-14-5-3-4-13-40-20-21;1-3-29(38)33-26-16-23(17-26)30(39)34-24-14-21-15-25(19-24)35-31-32-11-10-28(36-31)22-8-7-9-27(18-22)40-13-6-4-5-12-37(2)20-21/h3-5,7-9,12-13,16-17,19-20,24-25H,1,6,10-11,14-15,18,21H2,2H3,(H,34,39)(H,35,40)(H,33,36,37);2-4,6-12,15-19H,1,5,13-14,20H2,(H,34,38)(H,35,39)(H,32,36,37);3-5,7-11,14-15,18-19,23,26H,1,6,12-13,16-17,20H2,2H3,(H,33,38)(H,34,39)(H,32,35,36)/b5-4+;4-3+;5-4+. The molecule has 5 aliphatic rings. The molecule has 10 aromatic rings. The minimum atomic E-state index is -0.409. The van der Waals surface area contributed by atoms with Gasteiger partial charge in [0.1, 0.15) is 22.9 Å². The van der Waals surface area contributed by atoms with Crippen molar-refractivity contribution in [3.8, 4) is 51.0 Å². The minimum Gasteiger partial charge on any atom is -0.493 e. The minimum absolute atomic E-state index is 0.00327. The Labute approximate surface area is 708 Å². The first-order valence-corrected chi connectivity index (χ1v) is 40.5. The number of amides is 6. The third-order valence-electron chi connectivity index (χ3n) is 20.1. The number of pyridine rings is 1. The molecule has 0 radical (unpaired) electrons. The van der Waals surface area contributed by atoms with Crippen LogP contribution in [0.25, 0.3) is 33.8 Å². The molecule has 2 unspecified atom stereocenters. The Kier molecular flexibility index (Phi) is 30.0. The molecule has 2 aliphatic carbocycles. The Morgan fingerprint density at radius 1 is 0.434 bits per heavy atom. The lowest BCUT2D eigenvalue weighted by Gasteiger charge is -2.34. The van der Waals surface area contributed by atoms with Gasteiger partial charge in [0.25, 0.3) is 5.91 Å². The zero-order valence-electron chi connectivity index (χ0n) is 68.1. The topological polar surface area (TPSA) is 344 Å². The van der Waals surface area contributed by atoms with Gasteiger partial charge in [0.15, 0.2) is 0 Å². The van der Waals surface area contributed by atoms with Crippen LogP contribution in [-0.4, -0.2) is 146 Å². The first kappa shape index (κ1) is 85.5. The highest BCUT2D eigenvalue weighted by Gasteiger charge is 2.36. The number of hydrogen-bond acceptors (Lipinski definition) is 22. The molecule has 7 heterocycles. The van der Waals surface area contributed by atoms with E-state index in [2.05, 4.69) is 147 Å². The summed E-state index contributed by atoms with van der Waals surface area (Å²) < 4.78 is 23.6. The molecular formula is C94H98N18O10. The molecule has 2 atom stereocenters. The Balaban J connectivity index is 0.000000158. The van der Waals surface area contributed by atoms with Gasteiger partial charge in [-0.15, -0.1) is 0 Å². The Morgan fingerprint density at radius 3 is 1.35 bits per heavy atom. The molecule has 6 aromatic carbocycles. The predicted molar refractivity (Wildman–Crippen MR) is 474 cm³/mol. The highest BCUT2D eigenvalue weighted by molar-refractivity contribution is 6.04. The van der Waals surface area contributed by atoms with E-state index in [0.717, 1.165) is 130 Å². The second-order valence-corrected chi connectivity index (χ2v) is 29.8. The smallest absolute Gasteiger partial charge is 0.274 e. The van der Waals surface area contributed by atoms with Crippen LogP contribution in [0, 0.1) is 11.8 Å². The lowest BCUT2D eigenvalue weighted by atomic mass is 9.79. The summed E-state index contributed by atoms with van der Waals surface area (Å²) in [6.45, 7) is 15.8. The van der Waals surface area contributed by atoms with Gasteiger partial charge in [-0.2, -0.15) is 0 Å². The van der Waals surface area contributed by atoms with Gasteiger partial charge in [0, 0.05) is 120 Å². The second-order valence-electron chi connectivity index (χ2n) is 29.8. The fourth-order valence-electron chi connectivity index (χ4n) is 14.1. The Morgan fingerprint density at radius 2 is 0.877 bits per heavy atom. The molecule has 624 valence electrons. The summed E-state index contributed by atoms with van der Waals surface area (Å²) in [6.07, 6.45) is 28.4. The van der Waals surface area contributed by atoms with E-state index in [1.54, 1.807) is 30.7 Å². The highest BCUT2D eigenvalue weighted by Crippen LogP contribution is 2.35. The average Bonchev–Trinajstić information content (AvgIpc) is 1.25. The van der Waals surface area contributed by atoms with Crippen LogP contribution in [0.3, 0.4) is 0 Å². The number of aromatic nitrogens is 7. The van der Waals surface area contributed by atoms with Crippen LogP contribution in [0.5, 0.6) is 17.2 Å². The molecule has 28 heteroatoms. The van der Waals surface area contributed by atoms with Crippen LogP contribution in [-0.2, 0) is 48.4 Å². The molecule has 18 bridgehead atoms. The molecule has 9 N–H and O–H groups in total. The van der Waals surface area contributed by atoms with Crippen LogP contribution < -0.4 is 62.1 Å². The monoisotopic (exact) mass is 1640 g/mol. The molecule has 6 amide bonds. The zero-order chi connectivity index (χ0) is 84.9. The number of ether oxygens (including phenoxy) is 4. The van der Waals surface area contributed by atoms with E-state index in [4.69, 9.17) is 28.9 Å². The summed E-state index contributed by atoms with van der Waals surface area (Å²) in [5.41, 5.74) is 12.8. The van der Waals surface area contributed by atoms with E-state index in [9.17, 15) is 28.8 Å². The number of benzene rings is 6. The van der Waals surface area contributed by atoms with Crippen LogP contribution >= 0.6 is 0 Å². The SMILES string of the molecule is C=CC(=O)NC1CC(C(=O)Nc2cc3cc(c2)Nc2nccc(n2)-c2cccc(c2)OCC/C=C/CN(C)C3)C1.C=CC(=O)NC1CCC(C(=O)Nc2cc3cc(c2)Nc2nccc(n2)-c2cccc(c2)OCC/C=C/CN(C)C3)C1.C=CC(=O)Nc1ccc(C(=O)Nc2cc3cc(c2)Nc2nccc(n2)-c2cccc(c2)OCC/C=C/COC3)nc1. The number of carbonyl (C=O) groups is 6. The number of fused-ring (bicyclic) bond motifs is 21. The third kappa shape index (κ3) is 25.8. The van der Waals surface area contributed by atoms with Gasteiger partial charge in [-0.3, -0.25) is 38.6 Å². The van der Waals surface area contributed by atoms with E-state index < -0.39 is 5.91 Å². The number of nitrogens with zero attached hydrogens (tertiary/aromatic N) is 9. The predicted octanol–water partition coefficient (Wildman–Crippen LogP) is 15.3. The first-order valence-electron chi connectivity index (χ1n) is 40.5. The lowest BCUT2D eigenvalue weighted by molar-refractivity contribution is -0.125. The van der Waals surface area contributed by atoms with Crippen LogP contribution in [0.4, 0.5) is 57.7 Å². The number of likely N-dealkylation sites (N-methyl/N-ethyl adjacent to an activating group) is 2. The number of nitrogens with one attached hydrogen (secondary N) is 9. The van der Waals surface area contributed by atoms with Gasteiger partial charge in [-0.1, -0.05) is 92.6 Å². The average molecular weight is 1640 g/mol.